The molecule has 1 saturated heterocycles. The van der Waals surface area contributed by atoms with Crippen LogP contribution < -0.4 is 10.2 Å². The molecule has 3 rings (SSSR count). The number of carbonyl (C=O) groups is 1. The molecular formula is C17H14FN3O2. The molecule has 1 aliphatic rings. The largest absolute Gasteiger partial charge is 0.447 e. The second kappa shape index (κ2) is 6.36. The fourth-order valence-corrected chi connectivity index (χ4v) is 2.44. The van der Waals surface area contributed by atoms with E-state index in [4.69, 9.17) is 10.00 Å². The number of nitrogens with one attached hydrogen (secondary N) is 1. The molecule has 0 aromatic heterocycles. The number of halogens is 1. The Morgan fingerprint density at radius 1 is 1.30 bits per heavy atom. The fourth-order valence-electron chi connectivity index (χ4n) is 2.44. The van der Waals surface area contributed by atoms with Crippen LogP contribution in [0.5, 0.6) is 0 Å². The van der Waals surface area contributed by atoms with Gasteiger partial charge in [0.05, 0.1) is 12.2 Å². The Morgan fingerprint density at radius 3 is 2.87 bits per heavy atom. The van der Waals surface area contributed by atoms with Crippen molar-refractivity contribution >= 4 is 17.5 Å². The molecule has 1 heterocycles. The minimum Gasteiger partial charge on any atom is -0.447 e. The van der Waals surface area contributed by atoms with Gasteiger partial charge in [0, 0.05) is 12.2 Å². The lowest BCUT2D eigenvalue weighted by Crippen LogP contribution is -2.23. The number of benzene rings is 2. The predicted molar refractivity (Wildman–Crippen MR) is 83.6 cm³/mol. The molecule has 2 aromatic carbocycles. The van der Waals surface area contributed by atoms with E-state index in [9.17, 15) is 9.18 Å². The lowest BCUT2D eigenvalue weighted by Gasteiger charge is -2.14. The first-order valence-electron chi connectivity index (χ1n) is 7.15. The standard InChI is InChI=1S/C17H14FN3O2/c18-15-5-2-6-16(14(15)10-19)20-11-12-3-1-4-13(9-12)21-7-8-23-17(21)22/h1-6,9,20H,7-8,11H2. The molecule has 6 heteroatoms. The molecule has 1 aliphatic heterocycles. The summed E-state index contributed by atoms with van der Waals surface area (Å²) < 4.78 is 18.5. The summed E-state index contributed by atoms with van der Waals surface area (Å²) in [6.45, 7) is 1.32. The Labute approximate surface area is 132 Å². The van der Waals surface area contributed by atoms with Gasteiger partial charge >= 0.3 is 6.09 Å². The van der Waals surface area contributed by atoms with Crippen molar-refractivity contribution in [2.45, 2.75) is 6.54 Å². The van der Waals surface area contributed by atoms with Gasteiger partial charge < -0.3 is 10.1 Å². The normalized spacial score (nSPS) is 13.6. The molecular weight excluding hydrogens is 297 g/mol. The van der Waals surface area contributed by atoms with Gasteiger partial charge in [-0.2, -0.15) is 5.26 Å². The molecule has 1 N–H and O–H groups in total. The molecule has 0 atom stereocenters. The van der Waals surface area contributed by atoms with E-state index in [0.29, 0.717) is 25.4 Å². The quantitative estimate of drug-likeness (QED) is 0.941. The first-order valence-corrected chi connectivity index (χ1v) is 7.15. The lowest BCUT2D eigenvalue weighted by molar-refractivity contribution is 0.181. The van der Waals surface area contributed by atoms with Crippen molar-refractivity contribution in [2.75, 3.05) is 23.4 Å². The summed E-state index contributed by atoms with van der Waals surface area (Å²) >= 11 is 0. The zero-order chi connectivity index (χ0) is 16.2. The summed E-state index contributed by atoms with van der Waals surface area (Å²) in [6, 6.07) is 13.7. The molecule has 5 nitrogen and oxygen atoms in total. The molecule has 0 radical (unpaired) electrons. The zero-order valence-electron chi connectivity index (χ0n) is 12.3. The average molecular weight is 311 g/mol. The number of amides is 1. The van der Waals surface area contributed by atoms with Crippen molar-refractivity contribution in [1.82, 2.24) is 0 Å². The highest BCUT2D eigenvalue weighted by molar-refractivity contribution is 5.89. The summed E-state index contributed by atoms with van der Waals surface area (Å²) in [5.41, 5.74) is 2.10. The summed E-state index contributed by atoms with van der Waals surface area (Å²) in [4.78, 5) is 13.2. The second-order valence-corrected chi connectivity index (χ2v) is 5.06. The Balaban J connectivity index is 1.76. The molecule has 0 saturated carbocycles. The van der Waals surface area contributed by atoms with Crippen molar-refractivity contribution in [3.05, 3.63) is 59.4 Å². The van der Waals surface area contributed by atoms with Crippen LogP contribution in [0.2, 0.25) is 0 Å². The minimum atomic E-state index is -0.550. The third-order valence-electron chi connectivity index (χ3n) is 3.59. The van der Waals surface area contributed by atoms with Gasteiger partial charge in [-0.1, -0.05) is 18.2 Å². The SMILES string of the molecule is N#Cc1c(F)cccc1NCc1cccc(N2CCOC2=O)c1. The Kier molecular flexibility index (Phi) is 4.11. The predicted octanol–water partition coefficient (Wildman–Crippen LogP) is 3.27. The van der Waals surface area contributed by atoms with E-state index in [2.05, 4.69) is 5.32 Å². The van der Waals surface area contributed by atoms with Crippen LogP contribution >= 0.6 is 0 Å². The van der Waals surface area contributed by atoms with Crippen molar-refractivity contribution in [3.8, 4) is 6.07 Å². The number of nitrogens with zero attached hydrogens (tertiary/aromatic N) is 2. The van der Waals surface area contributed by atoms with Crippen molar-refractivity contribution in [1.29, 1.82) is 5.26 Å². The number of carbonyl (C=O) groups excluding carboxylic acids is 1. The molecule has 116 valence electrons. The third kappa shape index (κ3) is 3.09. The molecule has 0 spiro atoms. The number of nitriles is 1. The van der Waals surface area contributed by atoms with Crippen LogP contribution in [-0.4, -0.2) is 19.2 Å². The first kappa shape index (κ1) is 14.9. The lowest BCUT2D eigenvalue weighted by atomic mass is 10.1. The smallest absolute Gasteiger partial charge is 0.414 e. The van der Waals surface area contributed by atoms with Gasteiger partial charge in [0.2, 0.25) is 0 Å². The van der Waals surface area contributed by atoms with Gasteiger partial charge in [-0.15, -0.1) is 0 Å². The Bertz CT molecular complexity index is 786. The van der Waals surface area contributed by atoms with Crippen molar-refractivity contribution < 1.29 is 13.9 Å². The van der Waals surface area contributed by atoms with Crippen LogP contribution in [0.15, 0.2) is 42.5 Å². The molecule has 0 bridgehead atoms. The molecule has 0 aliphatic carbocycles. The van der Waals surface area contributed by atoms with E-state index in [1.54, 1.807) is 17.0 Å². The van der Waals surface area contributed by atoms with Gasteiger partial charge in [0.25, 0.3) is 0 Å². The maximum Gasteiger partial charge on any atom is 0.414 e. The Morgan fingerprint density at radius 2 is 2.13 bits per heavy atom. The van der Waals surface area contributed by atoms with Gasteiger partial charge in [0.1, 0.15) is 24.1 Å². The first-order chi connectivity index (χ1) is 11.2. The molecule has 0 unspecified atom stereocenters. The maximum atomic E-state index is 13.6. The molecule has 1 amide bonds. The molecule has 23 heavy (non-hydrogen) atoms. The third-order valence-corrected chi connectivity index (χ3v) is 3.59. The highest BCUT2D eigenvalue weighted by Crippen LogP contribution is 2.22. The average Bonchev–Trinajstić information content (AvgIpc) is 2.99. The van der Waals surface area contributed by atoms with E-state index >= 15 is 0 Å². The number of cyclic esters (lactones) is 1. The summed E-state index contributed by atoms with van der Waals surface area (Å²) in [6.07, 6.45) is -0.355. The van der Waals surface area contributed by atoms with Crippen LogP contribution in [0.1, 0.15) is 11.1 Å². The van der Waals surface area contributed by atoms with E-state index in [-0.39, 0.29) is 11.7 Å². The van der Waals surface area contributed by atoms with E-state index < -0.39 is 5.82 Å². The zero-order valence-corrected chi connectivity index (χ0v) is 12.3. The molecule has 1 fully saturated rings. The van der Waals surface area contributed by atoms with Crippen LogP contribution in [-0.2, 0) is 11.3 Å². The van der Waals surface area contributed by atoms with Gasteiger partial charge in [-0.05, 0) is 29.8 Å². The maximum absolute atomic E-state index is 13.6. The summed E-state index contributed by atoms with van der Waals surface area (Å²) in [7, 11) is 0. The number of anilines is 2. The number of hydrogen-bond acceptors (Lipinski definition) is 4. The summed E-state index contributed by atoms with van der Waals surface area (Å²) in [5.74, 6) is -0.550. The second-order valence-electron chi connectivity index (χ2n) is 5.06. The van der Waals surface area contributed by atoms with E-state index in [1.165, 1.54) is 6.07 Å². The van der Waals surface area contributed by atoms with Crippen LogP contribution in [0, 0.1) is 17.1 Å². The van der Waals surface area contributed by atoms with E-state index in [0.717, 1.165) is 11.3 Å². The monoisotopic (exact) mass is 311 g/mol. The Hall–Kier alpha value is -3.07. The minimum absolute atomic E-state index is 0.00762. The highest BCUT2D eigenvalue weighted by atomic mass is 19.1. The summed E-state index contributed by atoms with van der Waals surface area (Å²) in [5, 5.41) is 12.1. The fraction of sp³-hybridized carbons (Fsp3) is 0.176. The number of rotatable bonds is 4. The number of hydrogen-bond donors (Lipinski definition) is 1. The van der Waals surface area contributed by atoms with Gasteiger partial charge in [0.15, 0.2) is 0 Å². The van der Waals surface area contributed by atoms with Gasteiger partial charge in [-0.25, -0.2) is 9.18 Å². The topological polar surface area (TPSA) is 65.4 Å². The molecule has 2 aromatic rings. The van der Waals surface area contributed by atoms with Crippen molar-refractivity contribution in [3.63, 3.8) is 0 Å². The van der Waals surface area contributed by atoms with Crippen LogP contribution in [0.25, 0.3) is 0 Å². The van der Waals surface area contributed by atoms with E-state index in [1.807, 2.05) is 30.3 Å². The highest BCUT2D eigenvalue weighted by Gasteiger charge is 2.23. The van der Waals surface area contributed by atoms with Crippen LogP contribution in [0.3, 0.4) is 0 Å². The number of ether oxygens (including phenoxy) is 1. The van der Waals surface area contributed by atoms with Gasteiger partial charge in [-0.3, -0.25) is 4.90 Å². The van der Waals surface area contributed by atoms with Crippen molar-refractivity contribution in [2.24, 2.45) is 0 Å². The van der Waals surface area contributed by atoms with Crippen LogP contribution in [0.4, 0.5) is 20.6 Å².